The van der Waals surface area contributed by atoms with Gasteiger partial charge < -0.3 is 14.2 Å². The van der Waals surface area contributed by atoms with Gasteiger partial charge in [0.1, 0.15) is 5.75 Å². The summed E-state index contributed by atoms with van der Waals surface area (Å²) in [5.74, 6) is 1.41. The van der Waals surface area contributed by atoms with Crippen molar-refractivity contribution in [2.75, 3.05) is 21.3 Å². The number of methoxy groups -OCH3 is 3. The van der Waals surface area contributed by atoms with E-state index in [1.165, 1.54) is 21.3 Å². The summed E-state index contributed by atoms with van der Waals surface area (Å²) in [4.78, 5) is 0. The lowest BCUT2D eigenvalue weighted by molar-refractivity contribution is 0.345. The molecule has 1 aromatic carbocycles. The second-order valence-corrected chi connectivity index (χ2v) is 3.35. The van der Waals surface area contributed by atoms with Crippen LogP contribution >= 0.6 is 11.6 Å². The second kappa shape index (κ2) is 5.47. The molecule has 86 valence electrons. The van der Waals surface area contributed by atoms with Gasteiger partial charge in [-0.2, -0.15) is 5.26 Å². The van der Waals surface area contributed by atoms with Gasteiger partial charge in [-0.15, -0.1) is 0 Å². The summed E-state index contributed by atoms with van der Waals surface area (Å²) in [6.45, 7) is 0. The number of rotatable bonds is 4. The van der Waals surface area contributed by atoms with Crippen molar-refractivity contribution in [3.63, 3.8) is 0 Å². The van der Waals surface area contributed by atoms with Gasteiger partial charge in [0.05, 0.1) is 44.4 Å². The highest BCUT2D eigenvalue weighted by Gasteiger charge is 2.19. The van der Waals surface area contributed by atoms with Crippen LogP contribution in [0.3, 0.4) is 0 Å². The minimum Gasteiger partial charge on any atom is -0.495 e. The highest BCUT2D eigenvalue weighted by Crippen LogP contribution is 2.42. The molecule has 0 saturated carbocycles. The van der Waals surface area contributed by atoms with E-state index in [1.807, 2.05) is 6.07 Å². The fourth-order valence-corrected chi connectivity index (χ4v) is 1.77. The maximum absolute atomic E-state index is 8.77. The van der Waals surface area contributed by atoms with Crippen molar-refractivity contribution < 1.29 is 14.2 Å². The van der Waals surface area contributed by atoms with Crippen LogP contribution in [0.1, 0.15) is 5.56 Å². The zero-order valence-corrected chi connectivity index (χ0v) is 10.1. The first kappa shape index (κ1) is 12.5. The lowest BCUT2D eigenvalue weighted by atomic mass is 10.1. The third kappa shape index (κ3) is 2.15. The molecular weight excluding hydrogens is 230 g/mol. The molecule has 0 fully saturated rings. The molecule has 0 N–H and O–H groups in total. The number of nitrogens with zero attached hydrogens (tertiary/aromatic N) is 1. The van der Waals surface area contributed by atoms with Crippen molar-refractivity contribution in [3.05, 3.63) is 16.7 Å². The Morgan fingerprint density at radius 1 is 1.19 bits per heavy atom. The van der Waals surface area contributed by atoms with Gasteiger partial charge in [-0.25, -0.2) is 0 Å². The monoisotopic (exact) mass is 241 g/mol. The van der Waals surface area contributed by atoms with Crippen LogP contribution in [0.4, 0.5) is 0 Å². The molecule has 0 aliphatic rings. The Balaban J connectivity index is 3.47. The molecule has 0 atom stereocenters. The van der Waals surface area contributed by atoms with Crippen molar-refractivity contribution in [3.8, 4) is 23.3 Å². The summed E-state index contributed by atoms with van der Waals surface area (Å²) in [7, 11) is 4.51. The van der Waals surface area contributed by atoms with Gasteiger partial charge >= 0.3 is 0 Å². The van der Waals surface area contributed by atoms with E-state index in [9.17, 15) is 0 Å². The van der Waals surface area contributed by atoms with Gasteiger partial charge in [-0.1, -0.05) is 11.6 Å². The second-order valence-electron chi connectivity index (χ2n) is 2.94. The zero-order valence-electron chi connectivity index (χ0n) is 9.33. The van der Waals surface area contributed by atoms with Crippen LogP contribution in [0.5, 0.6) is 17.2 Å². The van der Waals surface area contributed by atoms with Gasteiger partial charge in [-0.3, -0.25) is 0 Å². The maximum atomic E-state index is 8.77. The molecule has 0 aliphatic heterocycles. The molecule has 4 nitrogen and oxygen atoms in total. The molecular formula is C11H12ClNO3. The summed E-state index contributed by atoms with van der Waals surface area (Å²) in [5.41, 5.74) is 0.594. The van der Waals surface area contributed by atoms with Crippen molar-refractivity contribution in [1.82, 2.24) is 0 Å². The van der Waals surface area contributed by atoms with Gasteiger partial charge in [-0.05, 0) is 0 Å². The van der Waals surface area contributed by atoms with Crippen molar-refractivity contribution in [1.29, 1.82) is 5.26 Å². The average Bonchev–Trinajstić information content (AvgIpc) is 2.29. The number of benzene rings is 1. The van der Waals surface area contributed by atoms with E-state index in [2.05, 4.69) is 0 Å². The topological polar surface area (TPSA) is 51.5 Å². The lowest BCUT2D eigenvalue weighted by Crippen LogP contribution is -2.00. The van der Waals surface area contributed by atoms with Crippen LogP contribution in [-0.2, 0) is 6.42 Å². The lowest BCUT2D eigenvalue weighted by Gasteiger charge is -2.15. The summed E-state index contributed by atoms with van der Waals surface area (Å²) in [5, 5.41) is 9.16. The largest absolute Gasteiger partial charge is 0.495 e. The summed E-state index contributed by atoms with van der Waals surface area (Å²) < 4.78 is 15.5. The Morgan fingerprint density at radius 2 is 1.81 bits per heavy atom. The van der Waals surface area contributed by atoms with Gasteiger partial charge in [0.15, 0.2) is 11.5 Å². The van der Waals surface area contributed by atoms with E-state index in [-0.39, 0.29) is 6.42 Å². The minimum atomic E-state index is 0.142. The highest BCUT2D eigenvalue weighted by atomic mass is 35.5. The molecule has 0 aliphatic carbocycles. The number of hydrogen-bond donors (Lipinski definition) is 0. The summed E-state index contributed by atoms with van der Waals surface area (Å²) in [6, 6.07) is 3.64. The van der Waals surface area contributed by atoms with Crippen LogP contribution in [-0.4, -0.2) is 21.3 Å². The van der Waals surface area contributed by atoms with Crippen molar-refractivity contribution in [2.45, 2.75) is 6.42 Å². The number of halogens is 1. The predicted octanol–water partition coefficient (Wildman–Crippen LogP) is 2.43. The average molecular weight is 242 g/mol. The molecule has 5 heteroatoms. The third-order valence-electron chi connectivity index (χ3n) is 2.13. The van der Waals surface area contributed by atoms with E-state index in [4.69, 9.17) is 31.1 Å². The van der Waals surface area contributed by atoms with Gasteiger partial charge in [0.25, 0.3) is 0 Å². The minimum absolute atomic E-state index is 0.142. The highest BCUT2D eigenvalue weighted by molar-refractivity contribution is 6.32. The molecule has 0 aromatic heterocycles. The Labute approximate surface area is 99.3 Å². The zero-order chi connectivity index (χ0) is 12.1. The van der Waals surface area contributed by atoms with Crippen molar-refractivity contribution >= 4 is 11.6 Å². The Kier molecular flexibility index (Phi) is 4.27. The normalized spacial score (nSPS) is 9.44. The predicted molar refractivity (Wildman–Crippen MR) is 60.4 cm³/mol. The maximum Gasteiger partial charge on any atom is 0.168 e. The molecule has 0 spiro atoms. The fraction of sp³-hybridized carbons (Fsp3) is 0.364. The molecule has 0 amide bonds. The molecule has 16 heavy (non-hydrogen) atoms. The Hall–Kier alpha value is -1.60. The van der Waals surface area contributed by atoms with Crippen LogP contribution < -0.4 is 14.2 Å². The van der Waals surface area contributed by atoms with Gasteiger partial charge in [0, 0.05) is 6.07 Å². The van der Waals surface area contributed by atoms with Crippen LogP contribution in [0, 0.1) is 11.3 Å². The standard InChI is InChI=1S/C11H12ClNO3/c1-14-9-6-8(12)10(15-2)7(4-5-13)11(9)16-3/h6H,4H2,1-3H3. The van der Waals surface area contributed by atoms with Crippen LogP contribution in [0.15, 0.2) is 6.07 Å². The van der Waals surface area contributed by atoms with Crippen LogP contribution in [0.2, 0.25) is 5.02 Å². The number of ether oxygens (including phenoxy) is 3. The first-order valence-corrected chi connectivity index (χ1v) is 4.91. The number of nitriles is 1. The molecule has 0 heterocycles. The summed E-state index contributed by atoms with van der Waals surface area (Å²) >= 11 is 6.01. The molecule has 0 radical (unpaired) electrons. The SMILES string of the molecule is COc1cc(Cl)c(OC)c(CC#N)c1OC. The smallest absolute Gasteiger partial charge is 0.168 e. The Morgan fingerprint density at radius 3 is 2.25 bits per heavy atom. The summed E-state index contributed by atoms with van der Waals surface area (Å²) in [6.07, 6.45) is 0.142. The van der Waals surface area contributed by atoms with E-state index in [1.54, 1.807) is 6.07 Å². The van der Waals surface area contributed by atoms with Gasteiger partial charge in [0.2, 0.25) is 0 Å². The molecule has 1 aromatic rings. The molecule has 0 unspecified atom stereocenters. The fourth-order valence-electron chi connectivity index (χ4n) is 1.48. The molecule has 1 rings (SSSR count). The van der Waals surface area contributed by atoms with E-state index in [0.29, 0.717) is 27.8 Å². The Bertz CT molecular complexity index is 426. The molecule has 0 saturated heterocycles. The van der Waals surface area contributed by atoms with E-state index in [0.717, 1.165) is 0 Å². The quantitative estimate of drug-likeness (QED) is 0.812. The first-order chi connectivity index (χ1) is 7.69. The van der Waals surface area contributed by atoms with Crippen LogP contribution in [0.25, 0.3) is 0 Å². The van der Waals surface area contributed by atoms with Crippen molar-refractivity contribution in [2.24, 2.45) is 0 Å². The number of hydrogen-bond acceptors (Lipinski definition) is 4. The van der Waals surface area contributed by atoms with E-state index >= 15 is 0 Å². The molecule has 0 bridgehead atoms. The van der Waals surface area contributed by atoms with E-state index < -0.39 is 0 Å². The third-order valence-corrected chi connectivity index (χ3v) is 2.41. The first-order valence-electron chi connectivity index (χ1n) is 4.53.